The number of carbonyl (C=O) groups is 1. The molecule has 1 atom stereocenters. The van der Waals surface area contributed by atoms with Gasteiger partial charge in [-0.25, -0.2) is 8.42 Å². The standard InChI is InChI=1S/C13H22N4O5S/c1-21-9-7-14-11(18)5-6-12-15-13(16-22-12)10-4-3-8-17(10)23(2,19)20/h10H,3-9H2,1-2H3,(H,14,18). The summed E-state index contributed by atoms with van der Waals surface area (Å²) in [6, 6.07) is -0.377. The Hall–Kier alpha value is -1.52. The summed E-state index contributed by atoms with van der Waals surface area (Å²) < 4.78 is 34.8. The molecule has 1 amide bonds. The number of hydrogen-bond donors (Lipinski definition) is 1. The number of aryl methyl sites for hydroxylation is 1. The van der Waals surface area contributed by atoms with Crippen molar-refractivity contribution in [1.82, 2.24) is 19.8 Å². The van der Waals surface area contributed by atoms with Crippen LogP contribution < -0.4 is 5.32 Å². The van der Waals surface area contributed by atoms with Crippen molar-refractivity contribution < 1.29 is 22.5 Å². The molecule has 0 aliphatic carbocycles. The summed E-state index contributed by atoms with van der Waals surface area (Å²) in [4.78, 5) is 15.8. The zero-order valence-electron chi connectivity index (χ0n) is 13.3. The predicted molar refractivity (Wildman–Crippen MR) is 81.0 cm³/mol. The van der Waals surface area contributed by atoms with Gasteiger partial charge in [-0.05, 0) is 12.8 Å². The molecule has 9 nitrogen and oxygen atoms in total. The molecule has 1 aromatic heterocycles. The van der Waals surface area contributed by atoms with E-state index in [0.29, 0.717) is 44.3 Å². The number of amides is 1. The lowest BCUT2D eigenvalue weighted by Crippen LogP contribution is -2.30. The number of aromatic nitrogens is 2. The molecule has 1 aromatic rings. The van der Waals surface area contributed by atoms with Crippen LogP contribution in [0.15, 0.2) is 4.52 Å². The van der Waals surface area contributed by atoms with E-state index in [2.05, 4.69) is 15.5 Å². The molecule has 1 saturated heterocycles. The second-order valence-electron chi connectivity index (χ2n) is 5.42. The Morgan fingerprint density at radius 1 is 1.52 bits per heavy atom. The van der Waals surface area contributed by atoms with Gasteiger partial charge in [-0.2, -0.15) is 9.29 Å². The third-order valence-corrected chi connectivity index (χ3v) is 4.89. The Balaban J connectivity index is 1.89. The van der Waals surface area contributed by atoms with Crippen LogP contribution in [0.3, 0.4) is 0 Å². The van der Waals surface area contributed by atoms with Gasteiger partial charge in [-0.3, -0.25) is 4.79 Å². The van der Waals surface area contributed by atoms with Gasteiger partial charge in [-0.15, -0.1) is 0 Å². The monoisotopic (exact) mass is 346 g/mol. The second kappa shape index (κ2) is 7.84. The first-order valence-corrected chi connectivity index (χ1v) is 9.31. The van der Waals surface area contributed by atoms with Crippen molar-refractivity contribution in [3.8, 4) is 0 Å². The quantitative estimate of drug-likeness (QED) is 0.652. The number of carbonyl (C=O) groups excluding carboxylic acids is 1. The van der Waals surface area contributed by atoms with E-state index in [1.807, 2.05) is 0 Å². The third kappa shape index (κ3) is 4.98. The zero-order valence-corrected chi connectivity index (χ0v) is 14.1. The van der Waals surface area contributed by atoms with Crippen molar-refractivity contribution in [3.05, 3.63) is 11.7 Å². The Morgan fingerprint density at radius 2 is 2.30 bits per heavy atom. The molecule has 0 saturated carbocycles. The molecule has 0 radical (unpaired) electrons. The molecule has 1 aliphatic heterocycles. The topological polar surface area (TPSA) is 115 Å². The average molecular weight is 346 g/mol. The highest BCUT2D eigenvalue weighted by atomic mass is 32.2. The van der Waals surface area contributed by atoms with E-state index in [0.717, 1.165) is 6.42 Å². The molecule has 2 rings (SSSR count). The van der Waals surface area contributed by atoms with Crippen LogP contribution in [0.2, 0.25) is 0 Å². The maximum absolute atomic E-state index is 11.7. The second-order valence-corrected chi connectivity index (χ2v) is 7.36. The molecule has 23 heavy (non-hydrogen) atoms. The number of hydrogen-bond acceptors (Lipinski definition) is 7. The van der Waals surface area contributed by atoms with E-state index < -0.39 is 10.0 Å². The smallest absolute Gasteiger partial charge is 0.227 e. The summed E-state index contributed by atoms with van der Waals surface area (Å²) in [5.41, 5.74) is 0. The van der Waals surface area contributed by atoms with Gasteiger partial charge in [0.05, 0.1) is 18.9 Å². The summed E-state index contributed by atoms with van der Waals surface area (Å²) in [5, 5.41) is 6.57. The lowest BCUT2D eigenvalue weighted by molar-refractivity contribution is -0.121. The van der Waals surface area contributed by atoms with Crippen molar-refractivity contribution in [3.63, 3.8) is 0 Å². The van der Waals surface area contributed by atoms with Crippen LogP contribution in [0.25, 0.3) is 0 Å². The van der Waals surface area contributed by atoms with Gasteiger partial charge in [0.1, 0.15) is 0 Å². The maximum Gasteiger partial charge on any atom is 0.227 e. The molecule has 1 unspecified atom stereocenters. The van der Waals surface area contributed by atoms with Gasteiger partial charge in [0.2, 0.25) is 21.8 Å². The summed E-state index contributed by atoms with van der Waals surface area (Å²) in [6.45, 7) is 1.38. The fraction of sp³-hybridized carbons (Fsp3) is 0.769. The number of rotatable bonds is 8. The van der Waals surface area contributed by atoms with Crippen LogP contribution in [0, 0.1) is 0 Å². The fourth-order valence-electron chi connectivity index (χ4n) is 2.50. The minimum absolute atomic E-state index is 0.125. The number of ether oxygens (including phenoxy) is 1. The van der Waals surface area contributed by atoms with Crippen molar-refractivity contribution in [2.24, 2.45) is 0 Å². The van der Waals surface area contributed by atoms with Crippen molar-refractivity contribution >= 4 is 15.9 Å². The van der Waals surface area contributed by atoms with Crippen molar-refractivity contribution in [2.75, 3.05) is 33.1 Å². The Labute approximate surface area is 135 Å². The van der Waals surface area contributed by atoms with E-state index in [-0.39, 0.29) is 18.4 Å². The molecule has 1 fully saturated rings. The van der Waals surface area contributed by atoms with Gasteiger partial charge in [0, 0.05) is 33.0 Å². The lowest BCUT2D eigenvalue weighted by atomic mass is 10.2. The molecule has 0 aromatic carbocycles. The number of nitrogens with zero attached hydrogens (tertiary/aromatic N) is 3. The zero-order chi connectivity index (χ0) is 16.9. The van der Waals surface area contributed by atoms with Gasteiger partial charge < -0.3 is 14.6 Å². The van der Waals surface area contributed by atoms with E-state index >= 15 is 0 Å². The van der Waals surface area contributed by atoms with E-state index in [1.165, 1.54) is 10.6 Å². The molecule has 10 heteroatoms. The van der Waals surface area contributed by atoms with Gasteiger partial charge in [-0.1, -0.05) is 5.16 Å². The Bertz CT molecular complexity index is 630. The summed E-state index contributed by atoms with van der Waals surface area (Å²) in [7, 11) is -1.73. The normalized spacial score (nSPS) is 19.1. The fourth-order valence-corrected chi connectivity index (χ4v) is 3.62. The van der Waals surface area contributed by atoms with Gasteiger partial charge in [0.15, 0.2) is 5.82 Å². The molecule has 2 heterocycles. The first-order chi connectivity index (χ1) is 10.9. The van der Waals surface area contributed by atoms with Crippen LogP contribution in [-0.2, 0) is 26.0 Å². The molecular formula is C13H22N4O5S. The van der Waals surface area contributed by atoms with E-state index in [1.54, 1.807) is 7.11 Å². The molecule has 0 bridgehead atoms. The minimum atomic E-state index is -3.29. The lowest BCUT2D eigenvalue weighted by Gasteiger charge is -2.18. The summed E-state index contributed by atoms with van der Waals surface area (Å²) in [5.74, 6) is 0.574. The number of sulfonamides is 1. The van der Waals surface area contributed by atoms with Crippen molar-refractivity contribution in [1.29, 1.82) is 0 Å². The minimum Gasteiger partial charge on any atom is -0.383 e. The highest BCUT2D eigenvalue weighted by Gasteiger charge is 2.35. The molecule has 1 N–H and O–H groups in total. The van der Waals surface area contributed by atoms with Crippen LogP contribution >= 0.6 is 0 Å². The van der Waals surface area contributed by atoms with Gasteiger partial charge in [0.25, 0.3) is 0 Å². The first-order valence-electron chi connectivity index (χ1n) is 7.46. The predicted octanol–water partition coefficient (Wildman–Crippen LogP) is -0.139. The Kier molecular flexibility index (Phi) is 6.08. The average Bonchev–Trinajstić information content (AvgIpc) is 3.13. The van der Waals surface area contributed by atoms with Crippen LogP contribution in [0.5, 0.6) is 0 Å². The van der Waals surface area contributed by atoms with Crippen LogP contribution in [-0.4, -0.2) is 61.8 Å². The molecule has 0 spiro atoms. The largest absolute Gasteiger partial charge is 0.383 e. The summed E-state index contributed by atoms with van der Waals surface area (Å²) >= 11 is 0. The molecule has 130 valence electrons. The molecular weight excluding hydrogens is 324 g/mol. The highest BCUT2D eigenvalue weighted by molar-refractivity contribution is 7.88. The summed E-state index contributed by atoms with van der Waals surface area (Å²) in [6.07, 6.45) is 3.16. The van der Waals surface area contributed by atoms with E-state index in [9.17, 15) is 13.2 Å². The SMILES string of the molecule is COCCNC(=O)CCc1nc(C2CCCN2S(C)(=O)=O)no1. The highest BCUT2D eigenvalue weighted by Crippen LogP contribution is 2.32. The van der Waals surface area contributed by atoms with Crippen LogP contribution in [0.4, 0.5) is 0 Å². The van der Waals surface area contributed by atoms with Crippen molar-refractivity contribution in [2.45, 2.75) is 31.7 Å². The maximum atomic E-state index is 11.7. The van der Waals surface area contributed by atoms with E-state index in [4.69, 9.17) is 9.26 Å². The number of methoxy groups -OCH3 is 1. The molecule has 1 aliphatic rings. The first kappa shape index (κ1) is 17.8. The third-order valence-electron chi connectivity index (χ3n) is 3.61. The van der Waals surface area contributed by atoms with Crippen LogP contribution in [0.1, 0.15) is 37.0 Å². The number of nitrogens with one attached hydrogen (secondary N) is 1. The Morgan fingerprint density at radius 3 is 3.00 bits per heavy atom. The van der Waals surface area contributed by atoms with Gasteiger partial charge >= 0.3 is 0 Å².